The maximum absolute atomic E-state index is 4.36. The Morgan fingerprint density at radius 3 is 2.72 bits per heavy atom. The fraction of sp³-hybridized carbons (Fsp3) is 0.429. The van der Waals surface area contributed by atoms with Crippen LogP contribution in [0.1, 0.15) is 30.8 Å². The van der Waals surface area contributed by atoms with Crippen molar-refractivity contribution in [2.45, 2.75) is 32.4 Å². The van der Waals surface area contributed by atoms with Gasteiger partial charge in [-0.25, -0.2) is 4.98 Å². The van der Waals surface area contributed by atoms with Crippen LogP contribution in [0.4, 0.5) is 0 Å². The standard InChI is InChI=1S/C14H20N4/c1-3-9-18-14(16-11-17-18)10-13(15-2)12-7-5-4-6-8-12/h4-8,11,13,15H,3,9-10H2,1-2H3. The van der Waals surface area contributed by atoms with E-state index in [0.717, 1.165) is 25.2 Å². The molecule has 1 unspecified atom stereocenters. The first-order valence-corrected chi connectivity index (χ1v) is 6.44. The van der Waals surface area contributed by atoms with E-state index in [1.54, 1.807) is 6.33 Å². The number of aromatic nitrogens is 3. The van der Waals surface area contributed by atoms with Gasteiger partial charge in [0.1, 0.15) is 12.2 Å². The van der Waals surface area contributed by atoms with Crippen molar-refractivity contribution in [1.29, 1.82) is 0 Å². The Kier molecular flexibility index (Phi) is 4.47. The van der Waals surface area contributed by atoms with Gasteiger partial charge >= 0.3 is 0 Å². The summed E-state index contributed by atoms with van der Waals surface area (Å²) in [6.45, 7) is 3.08. The maximum atomic E-state index is 4.36. The topological polar surface area (TPSA) is 42.7 Å². The highest BCUT2D eigenvalue weighted by Crippen LogP contribution is 2.16. The van der Waals surface area contributed by atoms with E-state index in [9.17, 15) is 0 Å². The molecule has 4 nitrogen and oxygen atoms in total. The molecular weight excluding hydrogens is 224 g/mol. The van der Waals surface area contributed by atoms with Gasteiger partial charge in [0, 0.05) is 19.0 Å². The van der Waals surface area contributed by atoms with Crippen molar-refractivity contribution >= 4 is 0 Å². The summed E-state index contributed by atoms with van der Waals surface area (Å²) in [4.78, 5) is 4.36. The highest BCUT2D eigenvalue weighted by Gasteiger charge is 2.13. The van der Waals surface area contributed by atoms with Gasteiger partial charge in [0.2, 0.25) is 0 Å². The molecule has 1 N–H and O–H groups in total. The van der Waals surface area contributed by atoms with Crippen molar-refractivity contribution in [3.63, 3.8) is 0 Å². The zero-order valence-electron chi connectivity index (χ0n) is 11.0. The molecule has 1 aromatic heterocycles. The van der Waals surface area contributed by atoms with Gasteiger partial charge in [0.05, 0.1) is 0 Å². The third-order valence-corrected chi connectivity index (χ3v) is 3.07. The number of hydrogen-bond acceptors (Lipinski definition) is 3. The Hall–Kier alpha value is -1.68. The quantitative estimate of drug-likeness (QED) is 0.847. The maximum Gasteiger partial charge on any atom is 0.138 e. The smallest absolute Gasteiger partial charge is 0.138 e. The molecule has 0 aliphatic heterocycles. The molecule has 0 saturated heterocycles. The Labute approximate surface area is 108 Å². The SMILES string of the molecule is CCCn1ncnc1CC(NC)c1ccccc1. The fourth-order valence-corrected chi connectivity index (χ4v) is 2.10. The van der Waals surface area contributed by atoms with Crippen LogP contribution < -0.4 is 5.32 Å². The van der Waals surface area contributed by atoms with Gasteiger partial charge in [-0.05, 0) is 19.0 Å². The zero-order valence-corrected chi connectivity index (χ0v) is 11.0. The number of likely N-dealkylation sites (N-methyl/N-ethyl adjacent to an activating group) is 1. The molecule has 96 valence electrons. The van der Waals surface area contributed by atoms with Gasteiger partial charge in [-0.3, -0.25) is 4.68 Å². The second-order valence-corrected chi connectivity index (χ2v) is 4.36. The van der Waals surface area contributed by atoms with E-state index in [1.165, 1.54) is 5.56 Å². The fourth-order valence-electron chi connectivity index (χ4n) is 2.10. The van der Waals surface area contributed by atoms with Crippen LogP contribution in [0.3, 0.4) is 0 Å². The van der Waals surface area contributed by atoms with Crippen molar-refractivity contribution in [1.82, 2.24) is 20.1 Å². The van der Waals surface area contributed by atoms with Crippen LogP contribution in [0.5, 0.6) is 0 Å². The predicted molar refractivity (Wildman–Crippen MR) is 72.3 cm³/mol. The van der Waals surface area contributed by atoms with Crippen molar-refractivity contribution < 1.29 is 0 Å². The van der Waals surface area contributed by atoms with E-state index in [1.807, 2.05) is 17.8 Å². The van der Waals surface area contributed by atoms with E-state index < -0.39 is 0 Å². The third kappa shape index (κ3) is 2.96. The minimum atomic E-state index is 0.283. The number of benzene rings is 1. The van der Waals surface area contributed by atoms with Crippen molar-refractivity contribution in [2.75, 3.05) is 7.05 Å². The van der Waals surface area contributed by atoms with Gasteiger partial charge < -0.3 is 5.32 Å². The molecule has 0 aliphatic rings. The summed E-state index contributed by atoms with van der Waals surface area (Å²) in [5.41, 5.74) is 1.28. The molecule has 2 rings (SSSR count). The Morgan fingerprint density at radius 1 is 1.28 bits per heavy atom. The van der Waals surface area contributed by atoms with Crippen molar-refractivity contribution in [3.05, 3.63) is 48.0 Å². The second-order valence-electron chi connectivity index (χ2n) is 4.36. The number of nitrogens with zero attached hydrogens (tertiary/aromatic N) is 3. The van der Waals surface area contributed by atoms with E-state index >= 15 is 0 Å². The molecule has 0 radical (unpaired) electrons. The lowest BCUT2D eigenvalue weighted by Gasteiger charge is -2.16. The predicted octanol–water partition coefficient (Wildman–Crippen LogP) is 2.19. The number of nitrogens with one attached hydrogen (secondary N) is 1. The minimum Gasteiger partial charge on any atom is -0.313 e. The normalized spacial score (nSPS) is 12.6. The van der Waals surface area contributed by atoms with Gasteiger partial charge in [-0.2, -0.15) is 5.10 Å². The lowest BCUT2D eigenvalue weighted by Crippen LogP contribution is -2.21. The van der Waals surface area contributed by atoms with Gasteiger partial charge in [0.15, 0.2) is 0 Å². The lowest BCUT2D eigenvalue weighted by molar-refractivity contribution is 0.517. The van der Waals surface area contributed by atoms with Crippen molar-refractivity contribution in [3.8, 4) is 0 Å². The molecular formula is C14H20N4. The van der Waals surface area contributed by atoms with Gasteiger partial charge in [-0.15, -0.1) is 0 Å². The van der Waals surface area contributed by atoms with E-state index in [-0.39, 0.29) is 6.04 Å². The van der Waals surface area contributed by atoms with Crippen LogP contribution >= 0.6 is 0 Å². The largest absolute Gasteiger partial charge is 0.313 e. The van der Waals surface area contributed by atoms with E-state index in [0.29, 0.717) is 0 Å². The highest BCUT2D eigenvalue weighted by molar-refractivity contribution is 5.19. The molecule has 1 aromatic carbocycles. The summed E-state index contributed by atoms with van der Waals surface area (Å²) < 4.78 is 1.99. The van der Waals surface area contributed by atoms with Crippen LogP contribution in [0.25, 0.3) is 0 Å². The van der Waals surface area contributed by atoms with E-state index in [4.69, 9.17) is 0 Å². The Morgan fingerprint density at radius 2 is 2.06 bits per heavy atom. The van der Waals surface area contributed by atoms with Crippen LogP contribution in [-0.2, 0) is 13.0 Å². The number of hydrogen-bond donors (Lipinski definition) is 1. The molecule has 1 heterocycles. The summed E-state index contributed by atoms with van der Waals surface area (Å²) in [6.07, 6.45) is 3.58. The Bertz CT molecular complexity index is 464. The average molecular weight is 244 g/mol. The van der Waals surface area contributed by atoms with Gasteiger partial charge in [0.25, 0.3) is 0 Å². The molecule has 0 spiro atoms. The molecule has 0 fully saturated rings. The van der Waals surface area contributed by atoms with Crippen molar-refractivity contribution in [2.24, 2.45) is 0 Å². The Balaban J connectivity index is 2.13. The van der Waals surface area contributed by atoms with Crippen LogP contribution in [0.15, 0.2) is 36.7 Å². The number of aryl methyl sites for hydroxylation is 1. The summed E-state index contributed by atoms with van der Waals surface area (Å²) in [6, 6.07) is 10.7. The first-order valence-electron chi connectivity index (χ1n) is 6.44. The average Bonchev–Trinajstić information content (AvgIpc) is 2.85. The summed E-state index contributed by atoms with van der Waals surface area (Å²) in [5.74, 6) is 1.04. The van der Waals surface area contributed by atoms with Crippen LogP contribution in [0.2, 0.25) is 0 Å². The molecule has 2 aromatic rings. The molecule has 0 bridgehead atoms. The zero-order chi connectivity index (χ0) is 12.8. The summed E-state index contributed by atoms with van der Waals surface area (Å²) >= 11 is 0. The van der Waals surface area contributed by atoms with E-state index in [2.05, 4.69) is 46.6 Å². The molecule has 4 heteroatoms. The summed E-state index contributed by atoms with van der Waals surface area (Å²) in [5, 5.41) is 7.61. The molecule has 1 atom stereocenters. The monoisotopic (exact) mass is 244 g/mol. The minimum absolute atomic E-state index is 0.283. The molecule has 0 amide bonds. The highest BCUT2D eigenvalue weighted by atomic mass is 15.3. The summed E-state index contributed by atoms with van der Waals surface area (Å²) in [7, 11) is 1.98. The molecule has 18 heavy (non-hydrogen) atoms. The van der Waals surface area contributed by atoms with Crippen LogP contribution in [-0.4, -0.2) is 21.8 Å². The number of rotatable bonds is 6. The molecule has 0 saturated carbocycles. The first kappa shape index (κ1) is 12.8. The van der Waals surface area contributed by atoms with Crippen LogP contribution in [0, 0.1) is 0 Å². The molecule has 0 aliphatic carbocycles. The van der Waals surface area contributed by atoms with Gasteiger partial charge in [-0.1, -0.05) is 37.3 Å². The first-order chi connectivity index (χ1) is 8.85. The second kappa shape index (κ2) is 6.31. The lowest BCUT2D eigenvalue weighted by atomic mass is 10.0. The third-order valence-electron chi connectivity index (χ3n) is 3.07.